The first-order valence-corrected chi connectivity index (χ1v) is 8.75. The first kappa shape index (κ1) is 15.1. The maximum atomic E-state index is 12.7. The first-order chi connectivity index (χ1) is 11.7. The minimum absolute atomic E-state index is 0.0318. The molecule has 7 heteroatoms. The molecule has 1 N–H and O–H groups in total. The van der Waals surface area contributed by atoms with Crippen LogP contribution >= 0.6 is 11.8 Å². The number of nitrogens with one attached hydrogen (secondary N) is 1. The summed E-state index contributed by atoms with van der Waals surface area (Å²) in [6.45, 7) is 0. The Balaban J connectivity index is 1.69. The Labute approximate surface area is 143 Å². The topological polar surface area (TPSA) is 72.7 Å². The molecule has 1 amide bonds. The van der Waals surface area contributed by atoms with Gasteiger partial charge in [-0.3, -0.25) is 9.48 Å². The van der Waals surface area contributed by atoms with Crippen LogP contribution in [0.25, 0.3) is 11.0 Å². The van der Waals surface area contributed by atoms with Crippen LogP contribution in [-0.4, -0.2) is 31.7 Å². The van der Waals surface area contributed by atoms with Crippen molar-refractivity contribution in [2.75, 3.05) is 0 Å². The third kappa shape index (κ3) is 2.99. The van der Waals surface area contributed by atoms with Gasteiger partial charge in [-0.2, -0.15) is 5.10 Å². The minimum Gasteiger partial charge on any atom is -0.352 e. The van der Waals surface area contributed by atoms with E-state index in [2.05, 4.69) is 20.4 Å². The van der Waals surface area contributed by atoms with Gasteiger partial charge in [0, 0.05) is 13.1 Å². The van der Waals surface area contributed by atoms with E-state index in [9.17, 15) is 4.79 Å². The van der Waals surface area contributed by atoms with Crippen LogP contribution in [0.1, 0.15) is 23.7 Å². The summed E-state index contributed by atoms with van der Waals surface area (Å²) < 4.78 is 1.71. The monoisotopic (exact) mass is 339 g/mol. The lowest BCUT2D eigenvalue weighted by atomic mass is 10.1. The summed E-state index contributed by atoms with van der Waals surface area (Å²) in [5.41, 5.74) is 1.73. The molecule has 0 spiro atoms. The average molecular weight is 339 g/mol. The molecule has 0 saturated heterocycles. The Kier molecular flexibility index (Phi) is 3.93. The molecule has 1 aliphatic carbocycles. The number of aryl methyl sites for hydroxylation is 1. The second kappa shape index (κ2) is 6.24. The van der Waals surface area contributed by atoms with Gasteiger partial charge in [-0.1, -0.05) is 42.1 Å². The fourth-order valence-electron chi connectivity index (χ4n) is 2.55. The van der Waals surface area contributed by atoms with Crippen LogP contribution in [0.4, 0.5) is 0 Å². The van der Waals surface area contributed by atoms with E-state index >= 15 is 0 Å². The Morgan fingerprint density at radius 1 is 1.29 bits per heavy atom. The molecule has 0 radical (unpaired) electrons. The van der Waals surface area contributed by atoms with Gasteiger partial charge in [-0.25, -0.2) is 9.97 Å². The molecule has 24 heavy (non-hydrogen) atoms. The van der Waals surface area contributed by atoms with E-state index in [1.54, 1.807) is 10.9 Å². The van der Waals surface area contributed by atoms with Crippen molar-refractivity contribution in [3.05, 3.63) is 48.4 Å². The number of carbonyl (C=O) groups excluding carboxylic acids is 1. The predicted molar refractivity (Wildman–Crippen MR) is 92.5 cm³/mol. The standard InChI is InChI=1S/C17H17N5OS/c1-22-15-13(9-20-22)17(19-10-18-15)24-14(11-5-3-2-4-6-11)16(23)21-12-7-8-12/h2-6,9-10,12,14H,7-8H2,1H3,(H,21,23). The zero-order valence-corrected chi connectivity index (χ0v) is 14.0. The Morgan fingerprint density at radius 3 is 2.83 bits per heavy atom. The summed E-state index contributed by atoms with van der Waals surface area (Å²) >= 11 is 1.45. The fraction of sp³-hybridized carbons (Fsp3) is 0.294. The van der Waals surface area contributed by atoms with Crippen LogP contribution in [0.15, 0.2) is 47.9 Å². The molecule has 1 aliphatic rings. The van der Waals surface area contributed by atoms with E-state index in [-0.39, 0.29) is 11.2 Å². The first-order valence-electron chi connectivity index (χ1n) is 7.87. The SMILES string of the molecule is Cn1ncc2c(SC(C(=O)NC3CC3)c3ccccc3)ncnc21. The van der Waals surface area contributed by atoms with Crippen molar-refractivity contribution in [3.63, 3.8) is 0 Å². The maximum absolute atomic E-state index is 12.7. The zero-order valence-electron chi connectivity index (χ0n) is 13.2. The maximum Gasteiger partial charge on any atom is 0.238 e. The van der Waals surface area contributed by atoms with Crippen molar-refractivity contribution in [3.8, 4) is 0 Å². The number of benzene rings is 1. The molecule has 1 saturated carbocycles. The molecule has 4 rings (SSSR count). The van der Waals surface area contributed by atoms with Crippen molar-refractivity contribution in [1.29, 1.82) is 0 Å². The molecule has 1 atom stereocenters. The molecule has 1 aromatic carbocycles. The van der Waals surface area contributed by atoms with Crippen molar-refractivity contribution in [2.24, 2.45) is 7.05 Å². The number of amides is 1. The van der Waals surface area contributed by atoms with Crippen LogP contribution in [0.3, 0.4) is 0 Å². The third-order valence-electron chi connectivity index (χ3n) is 3.99. The van der Waals surface area contributed by atoms with Crippen LogP contribution in [0.5, 0.6) is 0 Å². The van der Waals surface area contributed by atoms with E-state index in [0.29, 0.717) is 6.04 Å². The Hall–Kier alpha value is -2.41. The lowest BCUT2D eigenvalue weighted by molar-refractivity contribution is -0.120. The highest BCUT2D eigenvalue weighted by atomic mass is 32.2. The van der Waals surface area contributed by atoms with Crippen LogP contribution < -0.4 is 5.32 Å². The van der Waals surface area contributed by atoms with Gasteiger partial charge in [0.1, 0.15) is 16.6 Å². The van der Waals surface area contributed by atoms with Crippen LogP contribution in [0, 0.1) is 0 Å². The lowest BCUT2D eigenvalue weighted by Crippen LogP contribution is -2.29. The molecule has 122 valence electrons. The van der Waals surface area contributed by atoms with Gasteiger partial charge in [-0.15, -0.1) is 0 Å². The van der Waals surface area contributed by atoms with Crippen molar-refractivity contribution < 1.29 is 4.79 Å². The molecule has 2 aromatic heterocycles. The number of carbonyl (C=O) groups is 1. The fourth-order valence-corrected chi connectivity index (χ4v) is 3.62. The number of nitrogens with zero attached hydrogens (tertiary/aromatic N) is 4. The Morgan fingerprint density at radius 2 is 2.08 bits per heavy atom. The molecular formula is C17H17N5OS. The van der Waals surface area contributed by atoms with Gasteiger partial charge in [-0.05, 0) is 18.4 Å². The number of hydrogen-bond donors (Lipinski definition) is 1. The van der Waals surface area contributed by atoms with Gasteiger partial charge in [0.25, 0.3) is 0 Å². The molecule has 1 fully saturated rings. The molecular weight excluding hydrogens is 322 g/mol. The molecule has 1 unspecified atom stereocenters. The van der Waals surface area contributed by atoms with E-state index in [1.165, 1.54) is 18.1 Å². The van der Waals surface area contributed by atoms with Crippen LogP contribution in [0.2, 0.25) is 0 Å². The highest BCUT2D eigenvalue weighted by molar-refractivity contribution is 8.00. The van der Waals surface area contributed by atoms with E-state index in [0.717, 1.165) is 34.5 Å². The molecule has 6 nitrogen and oxygen atoms in total. The number of fused-ring (bicyclic) bond motifs is 1. The second-order valence-corrected chi connectivity index (χ2v) is 6.97. The van der Waals surface area contributed by atoms with Gasteiger partial charge >= 0.3 is 0 Å². The smallest absolute Gasteiger partial charge is 0.238 e. The summed E-state index contributed by atoms with van der Waals surface area (Å²) in [6.07, 6.45) is 5.41. The highest BCUT2D eigenvalue weighted by Gasteiger charge is 2.29. The van der Waals surface area contributed by atoms with Crippen LogP contribution in [-0.2, 0) is 11.8 Å². The van der Waals surface area contributed by atoms with E-state index < -0.39 is 0 Å². The van der Waals surface area contributed by atoms with Crippen molar-refractivity contribution >= 4 is 28.7 Å². The van der Waals surface area contributed by atoms with Gasteiger partial charge in [0.2, 0.25) is 5.91 Å². The van der Waals surface area contributed by atoms with Gasteiger partial charge in [0.05, 0.1) is 11.6 Å². The number of thioether (sulfide) groups is 1. The number of rotatable bonds is 5. The van der Waals surface area contributed by atoms with Crippen molar-refractivity contribution in [1.82, 2.24) is 25.1 Å². The lowest BCUT2D eigenvalue weighted by Gasteiger charge is -2.16. The summed E-state index contributed by atoms with van der Waals surface area (Å²) in [5, 5.41) is 8.64. The number of hydrogen-bond acceptors (Lipinski definition) is 5. The summed E-state index contributed by atoms with van der Waals surface area (Å²) in [7, 11) is 1.85. The molecule has 3 aromatic rings. The summed E-state index contributed by atoms with van der Waals surface area (Å²) in [6, 6.07) is 10.1. The van der Waals surface area contributed by atoms with Gasteiger partial charge < -0.3 is 5.32 Å². The average Bonchev–Trinajstić information content (AvgIpc) is 3.34. The summed E-state index contributed by atoms with van der Waals surface area (Å²) in [4.78, 5) is 21.4. The second-order valence-electron chi connectivity index (χ2n) is 5.88. The highest BCUT2D eigenvalue weighted by Crippen LogP contribution is 2.37. The normalized spacial score (nSPS) is 15.4. The number of aromatic nitrogens is 4. The quantitative estimate of drug-likeness (QED) is 0.571. The van der Waals surface area contributed by atoms with Crippen molar-refractivity contribution in [2.45, 2.75) is 29.2 Å². The third-order valence-corrected chi connectivity index (χ3v) is 5.26. The predicted octanol–water partition coefficient (Wildman–Crippen LogP) is 2.48. The molecule has 0 aliphatic heterocycles. The molecule has 0 bridgehead atoms. The minimum atomic E-state index is -0.342. The zero-order chi connectivity index (χ0) is 16.5. The summed E-state index contributed by atoms with van der Waals surface area (Å²) in [5.74, 6) is 0.0318. The Bertz CT molecular complexity index is 875. The van der Waals surface area contributed by atoms with E-state index in [4.69, 9.17) is 0 Å². The van der Waals surface area contributed by atoms with Gasteiger partial charge in [0.15, 0.2) is 5.65 Å². The molecule has 2 heterocycles. The van der Waals surface area contributed by atoms with E-state index in [1.807, 2.05) is 37.4 Å². The largest absolute Gasteiger partial charge is 0.352 e.